The third-order valence-electron chi connectivity index (χ3n) is 1.81. The summed E-state index contributed by atoms with van der Waals surface area (Å²) in [6, 6.07) is 3.21. The molecular weight excluding hydrogens is 154 g/mol. The van der Waals surface area contributed by atoms with Crippen molar-refractivity contribution in [3.05, 3.63) is 23.3 Å². The molecule has 4 N–H and O–H groups in total. The average molecular weight is 161 g/mol. The van der Waals surface area contributed by atoms with Gasteiger partial charge in [0.05, 0.1) is 16.9 Å². The van der Waals surface area contributed by atoms with E-state index in [9.17, 15) is 4.79 Å². The Morgan fingerprint density at radius 2 is 1.83 bits per heavy atom. The number of aliphatic imine (C=N–C) groups is 1. The van der Waals surface area contributed by atoms with E-state index in [0.717, 1.165) is 5.56 Å². The van der Waals surface area contributed by atoms with Gasteiger partial charge in [0.2, 0.25) is 0 Å². The summed E-state index contributed by atoms with van der Waals surface area (Å²) in [5.41, 5.74) is 13.2. The first kappa shape index (κ1) is 6.84. The van der Waals surface area contributed by atoms with Crippen molar-refractivity contribution >= 4 is 23.5 Å². The van der Waals surface area contributed by atoms with Gasteiger partial charge in [-0.1, -0.05) is 0 Å². The number of nitrogens with two attached hydrogens (primary N) is 2. The van der Waals surface area contributed by atoms with E-state index < -0.39 is 0 Å². The van der Waals surface area contributed by atoms with Crippen molar-refractivity contribution in [1.82, 2.24) is 0 Å². The van der Waals surface area contributed by atoms with Crippen LogP contribution in [0, 0.1) is 0 Å². The van der Waals surface area contributed by atoms with Crippen LogP contribution < -0.4 is 11.5 Å². The number of fused-ring (bicyclic) bond motifs is 1. The number of carbonyl (C=O) groups excluding carboxylic acids is 1. The first-order valence-corrected chi connectivity index (χ1v) is 3.46. The minimum Gasteiger partial charge on any atom is -0.397 e. The van der Waals surface area contributed by atoms with Gasteiger partial charge in [0.1, 0.15) is 0 Å². The number of rotatable bonds is 0. The van der Waals surface area contributed by atoms with E-state index in [1.54, 1.807) is 12.1 Å². The lowest BCUT2D eigenvalue weighted by Gasteiger charge is -2.01. The molecule has 0 unspecified atom stereocenters. The summed E-state index contributed by atoms with van der Waals surface area (Å²) in [6.07, 6.45) is 1.49. The number of amides is 1. The van der Waals surface area contributed by atoms with Crippen LogP contribution in [-0.4, -0.2) is 12.1 Å². The van der Waals surface area contributed by atoms with E-state index in [1.807, 2.05) is 0 Å². The van der Waals surface area contributed by atoms with Gasteiger partial charge in [-0.2, -0.15) is 0 Å². The van der Waals surface area contributed by atoms with Crippen LogP contribution in [0.3, 0.4) is 0 Å². The zero-order chi connectivity index (χ0) is 8.72. The number of nitrogen functional groups attached to an aromatic ring is 2. The van der Waals surface area contributed by atoms with Gasteiger partial charge in [-0.05, 0) is 12.1 Å². The predicted molar refractivity (Wildman–Crippen MR) is 47.2 cm³/mol. The van der Waals surface area contributed by atoms with Crippen LogP contribution >= 0.6 is 0 Å². The molecule has 0 spiro atoms. The summed E-state index contributed by atoms with van der Waals surface area (Å²) >= 11 is 0. The molecule has 0 bridgehead atoms. The molecule has 4 heteroatoms. The van der Waals surface area contributed by atoms with Crippen LogP contribution in [0.2, 0.25) is 0 Å². The van der Waals surface area contributed by atoms with Crippen LogP contribution in [0.4, 0.5) is 11.4 Å². The van der Waals surface area contributed by atoms with E-state index >= 15 is 0 Å². The molecule has 2 rings (SSSR count). The molecule has 0 fully saturated rings. The molecule has 1 aliphatic rings. The van der Waals surface area contributed by atoms with E-state index in [2.05, 4.69) is 4.99 Å². The Hall–Kier alpha value is -1.84. The molecule has 0 radical (unpaired) electrons. The molecule has 1 aromatic rings. The predicted octanol–water partition coefficient (Wildman–Crippen LogP) is 0.424. The zero-order valence-electron chi connectivity index (χ0n) is 6.24. The highest BCUT2D eigenvalue weighted by molar-refractivity contribution is 6.14. The first-order valence-electron chi connectivity index (χ1n) is 3.46. The largest absolute Gasteiger partial charge is 0.397 e. The third kappa shape index (κ3) is 0.780. The van der Waals surface area contributed by atoms with Crippen LogP contribution in [0.5, 0.6) is 0 Å². The number of hydrogen-bond acceptors (Lipinski definition) is 3. The number of carbonyl (C=O) groups is 1. The molecule has 60 valence electrons. The molecule has 0 saturated carbocycles. The van der Waals surface area contributed by atoms with Crippen molar-refractivity contribution in [2.24, 2.45) is 4.99 Å². The van der Waals surface area contributed by atoms with Gasteiger partial charge in [-0.15, -0.1) is 0 Å². The summed E-state index contributed by atoms with van der Waals surface area (Å²) in [5, 5.41) is 0. The smallest absolute Gasteiger partial charge is 0.277 e. The molecule has 0 aromatic heterocycles. The molecule has 12 heavy (non-hydrogen) atoms. The van der Waals surface area contributed by atoms with Gasteiger partial charge in [-0.3, -0.25) is 4.79 Å². The second-order valence-corrected chi connectivity index (χ2v) is 2.63. The summed E-state index contributed by atoms with van der Waals surface area (Å²) in [5.74, 6) is -0.253. The number of benzene rings is 1. The zero-order valence-corrected chi connectivity index (χ0v) is 6.24. The monoisotopic (exact) mass is 161 g/mol. The molecule has 4 nitrogen and oxygen atoms in total. The molecule has 0 aliphatic carbocycles. The first-order chi connectivity index (χ1) is 5.68. The molecule has 1 aromatic carbocycles. The highest BCUT2D eigenvalue weighted by atomic mass is 16.1. The van der Waals surface area contributed by atoms with Crippen molar-refractivity contribution < 1.29 is 4.79 Å². The minimum absolute atomic E-state index is 0.253. The van der Waals surface area contributed by atoms with Gasteiger partial charge in [-0.25, -0.2) is 4.99 Å². The molecular formula is C8H7N3O. The van der Waals surface area contributed by atoms with Gasteiger partial charge in [0, 0.05) is 11.8 Å². The highest BCUT2D eigenvalue weighted by Crippen LogP contribution is 2.23. The van der Waals surface area contributed by atoms with Gasteiger partial charge in [0.15, 0.2) is 0 Å². The maximum Gasteiger partial charge on any atom is 0.277 e. The van der Waals surface area contributed by atoms with E-state index in [4.69, 9.17) is 11.5 Å². The minimum atomic E-state index is -0.253. The van der Waals surface area contributed by atoms with Crippen molar-refractivity contribution in [3.8, 4) is 0 Å². The number of hydrogen-bond donors (Lipinski definition) is 2. The van der Waals surface area contributed by atoms with Crippen LogP contribution in [0.1, 0.15) is 15.9 Å². The third-order valence-corrected chi connectivity index (χ3v) is 1.81. The second-order valence-electron chi connectivity index (χ2n) is 2.63. The second kappa shape index (κ2) is 2.07. The number of anilines is 2. The summed E-state index contributed by atoms with van der Waals surface area (Å²) < 4.78 is 0. The normalized spacial score (nSPS) is 13.5. The van der Waals surface area contributed by atoms with Crippen molar-refractivity contribution in [2.45, 2.75) is 0 Å². The lowest BCUT2D eigenvalue weighted by Crippen LogP contribution is -1.99. The van der Waals surface area contributed by atoms with E-state index in [1.165, 1.54) is 6.21 Å². The van der Waals surface area contributed by atoms with Gasteiger partial charge < -0.3 is 11.5 Å². The Morgan fingerprint density at radius 1 is 1.17 bits per heavy atom. The fraction of sp³-hybridized carbons (Fsp3) is 0. The maximum atomic E-state index is 11.0. The van der Waals surface area contributed by atoms with Crippen LogP contribution in [0.25, 0.3) is 0 Å². The topological polar surface area (TPSA) is 81.5 Å². The Balaban J connectivity index is 2.69. The molecule has 1 heterocycles. The number of nitrogens with zero attached hydrogens (tertiary/aromatic N) is 1. The van der Waals surface area contributed by atoms with Gasteiger partial charge >= 0.3 is 0 Å². The SMILES string of the molecule is Nc1cc2c(cc1N)C(=O)N=C2. The molecule has 1 amide bonds. The summed E-state index contributed by atoms with van der Waals surface area (Å²) in [6.45, 7) is 0. The molecule has 0 atom stereocenters. The Bertz CT molecular complexity index is 396. The lowest BCUT2D eigenvalue weighted by atomic mass is 10.1. The lowest BCUT2D eigenvalue weighted by molar-refractivity contribution is 0.101. The van der Waals surface area contributed by atoms with Crippen LogP contribution in [-0.2, 0) is 0 Å². The quantitative estimate of drug-likeness (QED) is 0.541. The standard InChI is InChI=1S/C8H7N3O/c9-6-1-4-3-11-8(12)5(4)2-7(6)10/h1-3H,9-10H2. The van der Waals surface area contributed by atoms with Crippen molar-refractivity contribution in [1.29, 1.82) is 0 Å². The molecule has 1 aliphatic heterocycles. The fourth-order valence-electron chi connectivity index (χ4n) is 1.14. The summed E-state index contributed by atoms with van der Waals surface area (Å²) in [7, 11) is 0. The van der Waals surface area contributed by atoms with E-state index in [0.29, 0.717) is 16.9 Å². The Kier molecular flexibility index (Phi) is 1.18. The average Bonchev–Trinajstić information content (AvgIpc) is 2.35. The molecule has 0 saturated heterocycles. The highest BCUT2D eigenvalue weighted by Gasteiger charge is 2.16. The fourth-order valence-corrected chi connectivity index (χ4v) is 1.14. The maximum absolute atomic E-state index is 11.0. The van der Waals surface area contributed by atoms with Crippen LogP contribution in [0.15, 0.2) is 17.1 Å². The van der Waals surface area contributed by atoms with Crippen molar-refractivity contribution in [2.75, 3.05) is 11.5 Å². The van der Waals surface area contributed by atoms with E-state index in [-0.39, 0.29) is 5.91 Å². The van der Waals surface area contributed by atoms with Gasteiger partial charge in [0.25, 0.3) is 5.91 Å². The Morgan fingerprint density at radius 3 is 2.58 bits per heavy atom. The Labute approximate surface area is 68.9 Å². The van der Waals surface area contributed by atoms with Crippen molar-refractivity contribution in [3.63, 3.8) is 0 Å². The summed E-state index contributed by atoms with van der Waals surface area (Å²) in [4.78, 5) is 14.6.